The van der Waals surface area contributed by atoms with Crippen molar-refractivity contribution in [3.63, 3.8) is 0 Å². The van der Waals surface area contributed by atoms with Crippen LogP contribution in [-0.4, -0.2) is 34.9 Å². The minimum atomic E-state index is -0.298. The molecule has 80 valence electrons. The largest absolute Gasteiger partial charge is 0.324 e. The standard InChI is InChI=1S/C9H11N3O2S/c1-6-5-15-8(10-6)2-3-12-4-7(13)11-9(12)14/h5H,2-4H2,1H3,(H,11,13,14). The number of amides is 3. The van der Waals surface area contributed by atoms with Crippen molar-refractivity contribution in [2.45, 2.75) is 13.3 Å². The highest BCUT2D eigenvalue weighted by Gasteiger charge is 2.26. The molecule has 2 heterocycles. The minimum absolute atomic E-state index is 0.170. The fourth-order valence-electron chi connectivity index (χ4n) is 1.41. The molecule has 1 N–H and O–H groups in total. The lowest BCUT2D eigenvalue weighted by molar-refractivity contribution is -0.118. The van der Waals surface area contributed by atoms with E-state index in [4.69, 9.17) is 0 Å². The van der Waals surface area contributed by atoms with Gasteiger partial charge in [-0.3, -0.25) is 10.1 Å². The molecule has 0 spiro atoms. The van der Waals surface area contributed by atoms with Gasteiger partial charge in [-0.15, -0.1) is 11.3 Å². The number of thiazole rings is 1. The Kier molecular flexibility index (Phi) is 2.68. The highest BCUT2D eigenvalue weighted by Crippen LogP contribution is 2.10. The fourth-order valence-corrected chi connectivity index (χ4v) is 2.18. The van der Waals surface area contributed by atoms with E-state index in [9.17, 15) is 9.59 Å². The lowest BCUT2D eigenvalue weighted by atomic mass is 10.4. The number of rotatable bonds is 3. The summed E-state index contributed by atoms with van der Waals surface area (Å²) < 4.78 is 0. The number of hydrogen-bond donors (Lipinski definition) is 1. The van der Waals surface area contributed by atoms with Gasteiger partial charge in [-0.2, -0.15) is 0 Å². The number of urea groups is 1. The van der Waals surface area contributed by atoms with E-state index in [0.29, 0.717) is 13.0 Å². The predicted octanol–water partition coefficient (Wildman–Crippen LogP) is 0.546. The van der Waals surface area contributed by atoms with Gasteiger partial charge in [0.1, 0.15) is 6.54 Å². The molecule has 6 heteroatoms. The first kappa shape index (κ1) is 10.1. The maximum Gasteiger partial charge on any atom is 0.324 e. The lowest BCUT2D eigenvalue weighted by Gasteiger charge is -2.10. The zero-order valence-corrected chi connectivity index (χ0v) is 9.13. The van der Waals surface area contributed by atoms with Crippen molar-refractivity contribution in [2.75, 3.05) is 13.1 Å². The third-order valence-electron chi connectivity index (χ3n) is 2.13. The Hall–Kier alpha value is -1.43. The van der Waals surface area contributed by atoms with E-state index in [2.05, 4.69) is 10.3 Å². The Morgan fingerprint density at radius 3 is 2.93 bits per heavy atom. The average molecular weight is 225 g/mol. The fraction of sp³-hybridized carbons (Fsp3) is 0.444. The molecule has 15 heavy (non-hydrogen) atoms. The predicted molar refractivity (Wildman–Crippen MR) is 55.7 cm³/mol. The van der Waals surface area contributed by atoms with Crippen LogP contribution >= 0.6 is 11.3 Å². The van der Waals surface area contributed by atoms with E-state index in [0.717, 1.165) is 10.7 Å². The van der Waals surface area contributed by atoms with Gasteiger partial charge in [0.15, 0.2) is 0 Å². The number of imide groups is 1. The number of nitrogens with zero attached hydrogens (tertiary/aromatic N) is 2. The number of hydrogen-bond acceptors (Lipinski definition) is 4. The van der Waals surface area contributed by atoms with Crippen LogP contribution in [0.3, 0.4) is 0 Å². The van der Waals surface area contributed by atoms with Crippen molar-refractivity contribution in [2.24, 2.45) is 0 Å². The molecule has 1 aliphatic rings. The molecule has 0 atom stereocenters. The molecular weight excluding hydrogens is 214 g/mol. The number of nitrogens with one attached hydrogen (secondary N) is 1. The van der Waals surface area contributed by atoms with Crippen LogP contribution in [0.1, 0.15) is 10.7 Å². The summed E-state index contributed by atoms with van der Waals surface area (Å²) in [6.45, 7) is 2.65. The van der Waals surface area contributed by atoms with Gasteiger partial charge < -0.3 is 4.90 Å². The van der Waals surface area contributed by atoms with Crippen molar-refractivity contribution >= 4 is 23.3 Å². The molecule has 2 rings (SSSR count). The van der Waals surface area contributed by atoms with Gasteiger partial charge in [-0.1, -0.05) is 0 Å². The lowest BCUT2D eigenvalue weighted by Crippen LogP contribution is -2.30. The van der Waals surface area contributed by atoms with Crippen LogP contribution in [0.2, 0.25) is 0 Å². The number of carbonyl (C=O) groups excluding carboxylic acids is 2. The first-order valence-corrected chi connectivity index (χ1v) is 5.53. The molecule has 0 saturated carbocycles. The molecule has 0 bridgehead atoms. The van der Waals surface area contributed by atoms with E-state index in [1.165, 1.54) is 4.90 Å². The smallest absolute Gasteiger partial charge is 0.315 e. The van der Waals surface area contributed by atoms with E-state index in [1.807, 2.05) is 12.3 Å². The topological polar surface area (TPSA) is 62.3 Å². The molecule has 0 aliphatic carbocycles. The molecule has 1 aliphatic heterocycles. The molecule has 1 saturated heterocycles. The van der Waals surface area contributed by atoms with Crippen molar-refractivity contribution in [3.05, 3.63) is 16.1 Å². The third-order valence-corrected chi connectivity index (χ3v) is 3.16. The van der Waals surface area contributed by atoms with Gasteiger partial charge in [-0.05, 0) is 6.92 Å². The molecule has 5 nitrogen and oxygen atoms in total. The summed E-state index contributed by atoms with van der Waals surface area (Å²) in [5.41, 5.74) is 0.997. The second-order valence-electron chi connectivity index (χ2n) is 3.41. The Labute approximate surface area is 91.1 Å². The van der Waals surface area contributed by atoms with Gasteiger partial charge >= 0.3 is 6.03 Å². The SMILES string of the molecule is Cc1csc(CCN2CC(=O)NC2=O)n1. The molecule has 1 fully saturated rings. The summed E-state index contributed by atoms with van der Waals surface area (Å²) in [5.74, 6) is -0.227. The zero-order chi connectivity index (χ0) is 10.8. The second-order valence-corrected chi connectivity index (χ2v) is 4.35. The highest BCUT2D eigenvalue weighted by atomic mass is 32.1. The first-order valence-electron chi connectivity index (χ1n) is 4.65. The number of aromatic nitrogens is 1. The minimum Gasteiger partial charge on any atom is -0.315 e. The third kappa shape index (κ3) is 2.33. The van der Waals surface area contributed by atoms with Crippen LogP contribution in [0.15, 0.2) is 5.38 Å². The molecule has 0 aromatic carbocycles. The first-order chi connectivity index (χ1) is 7.15. The van der Waals surface area contributed by atoms with Gasteiger partial charge in [0, 0.05) is 24.0 Å². The molecule has 0 unspecified atom stereocenters. The average Bonchev–Trinajstić information content (AvgIpc) is 2.70. The zero-order valence-electron chi connectivity index (χ0n) is 8.32. The van der Waals surface area contributed by atoms with Crippen molar-refractivity contribution in [3.8, 4) is 0 Å². The maximum atomic E-state index is 11.2. The van der Waals surface area contributed by atoms with E-state index in [-0.39, 0.29) is 18.5 Å². The van der Waals surface area contributed by atoms with E-state index < -0.39 is 0 Å². The van der Waals surface area contributed by atoms with E-state index >= 15 is 0 Å². The molecular formula is C9H11N3O2S. The van der Waals surface area contributed by atoms with Gasteiger partial charge in [0.25, 0.3) is 0 Å². The summed E-state index contributed by atoms with van der Waals surface area (Å²) in [5, 5.41) is 5.22. The molecule has 3 amide bonds. The summed E-state index contributed by atoms with van der Waals surface area (Å²) in [4.78, 5) is 27.9. The summed E-state index contributed by atoms with van der Waals surface area (Å²) in [7, 11) is 0. The summed E-state index contributed by atoms with van der Waals surface area (Å²) in [6.07, 6.45) is 0.708. The highest BCUT2D eigenvalue weighted by molar-refractivity contribution is 7.09. The number of carbonyl (C=O) groups is 2. The van der Waals surface area contributed by atoms with Crippen LogP contribution in [0.25, 0.3) is 0 Å². The van der Waals surface area contributed by atoms with Crippen molar-refractivity contribution in [1.29, 1.82) is 0 Å². The summed E-state index contributed by atoms with van der Waals surface area (Å²) >= 11 is 1.58. The number of aryl methyl sites for hydroxylation is 1. The van der Waals surface area contributed by atoms with Crippen LogP contribution < -0.4 is 5.32 Å². The van der Waals surface area contributed by atoms with Crippen LogP contribution in [0, 0.1) is 6.92 Å². The van der Waals surface area contributed by atoms with Crippen LogP contribution in [0.5, 0.6) is 0 Å². The van der Waals surface area contributed by atoms with Gasteiger partial charge in [0.2, 0.25) is 5.91 Å². The van der Waals surface area contributed by atoms with E-state index in [1.54, 1.807) is 11.3 Å². The van der Waals surface area contributed by atoms with Crippen LogP contribution in [-0.2, 0) is 11.2 Å². The monoisotopic (exact) mass is 225 g/mol. The van der Waals surface area contributed by atoms with Crippen molar-refractivity contribution < 1.29 is 9.59 Å². The summed E-state index contributed by atoms with van der Waals surface area (Å²) in [6, 6.07) is -0.298. The Morgan fingerprint density at radius 2 is 2.40 bits per heavy atom. The maximum absolute atomic E-state index is 11.2. The molecule has 1 aromatic heterocycles. The van der Waals surface area contributed by atoms with Gasteiger partial charge in [-0.25, -0.2) is 9.78 Å². The molecule has 1 aromatic rings. The second kappa shape index (κ2) is 3.98. The van der Waals surface area contributed by atoms with Gasteiger partial charge in [0.05, 0.1) is 5.01 Å². The normalized spacial score (nSPS) is 15.9. The Balaban J connectivity index is 1.88. The quantitative estimate of drug-likeness (QED) is 0.764. The van der Waals surface area contributed by atoms with Crippen molar-refractivity contribution in [1.82, 2.24) is 15.2 Å². The molecule has 0 radical (unpaired) electrons. The van der Waals surface area contributed by atoms with Crippen LogP contribution in [0.4, 0.5) is 4.79 Å². The Morgan fingerprint density at radius 1 is 1.60 bits per heavy atom. The Bertz CT molecular complexity index is 402.